The minimum absolute atomic E-state index is 0.0618. The van der Waals surface area contributed by atoms with Gasteiger partial charge in [-0.15, -0.1) is 0 Å². The Kier molecular flexibility index (Phi) is 4.13. The van der Waals surface area contributed by atoms with Gasteiger partial charge in [0, 0.05) is 31.3 Å². The van der Waals surface area contributed by atoms with Crippen LogP contribution in [0, 0.1) is 0 Å². The maximum absolute atomic E-state index is 12.3. The Labute approximate surface area is 137 Å². The van der Waals surface area contributed by atoms with Crippen LogP contribution in [-0.4, -0.2) is 27.9 Å². The first-order valence-electron chi connectivity index (χ1n) is 7.53. The summed E-state index contributed by atoms with van der Waals surface area (Å²) in [6.07, 6.45) is -0.513. The average Bonchev–Trinajstić information content (AvgIpc) is 3.10. The Bertz CT molecular complexity index is 763. The van der Waals surface area contributed by atoms with Gasteiger partial charge in [-0.25, -0.2) is 8.78 Å². The van der Waals surface area contributed by atoms with E-state index in [1.54, 1.807) is 18.2 Å². The zero-order valence-electron chi connectivity index (χ0n) is 13.3. The van der Waals surface area contributed by atoms with E-state index in [0.29, 0.717) is 23.6 Å². The number of hydrogen-bond donors (Lipinski definition) is 1. The van der Waals surface area contributed by atoms with Crippen LogP contribution in [0.4, 0.5) is 14.5 Å². The van der Waals surface area contributed by atoms with Crippen LogP contribution in [0.3, 0.4) is 0 Å². The van der Waals surface area contributed by atoms with E-state index in [2.05, 4.69) is 10.4 Å². The molecule has 1 unspecified atom stereocenters. The van der Waals surface area contributed by atoms with E-state index in [1.165, 1.54) is 12.3 Å². The van der Waals surface area contributed by atoms with Crippen molar-refractivity contribution in [2.75, 3.05) is 5.32 Å². The van der Waals surface area contributed by atoms with Crippen molar-refractivity contribution in [3.8, 4) is 11.5 Å². The Morgan fingerprint density at radius 3 is 2.79 bits per heavy atom. The summed E-state index contributed by atoms with van der Waals surface area (Å²) in [6.45, 7) is 3.23. The van der Waals surface area contributed by atoms with Crippen LogP contribution in [0.5, 0.6) is 11.5 Å². The fourth-order valence-electron chi connectivity index (χ4n) is 2.30. The van der Waals surface area contributed by atoms with Crippen molar-refractivity contribution >= 4 is 11.6 Å². The molecular weight excluding hydrogens is 320 g/mol. The maximum Gasteiger partial charge on any atom is 0.276 e. The number of fused-ring (bicyclic) bond motifs is 1. The SMILES string of the molecule is CCC1(C)Oc2ccc(NC(=O)c3ccn(CC(F)F)n3)cc2O1. The third kappa shape index (κ3) is 3.32. The average molecular weight is 337 g/mol. The molecule has 1 aliphatic heterocycles. The first-order valence-corrected chi connectivity index (χ1v) is 7.53. The highest BCUT2D eigenvalue weighted by molar-refractivity contribution is 6.02. The molecule has 8 heteroatoms. The number of carbonyl (C=O) groups is 1. The number of ether oxygens (including phenoxy) is 2. The van der Waals surface area contributed by atoms with Crippen molar-refractivity contribution < 1.29 is 23.0 Å². The lowest BCUT2D eigenvalue weighted by Gasteiger charge is -2.20. The van der Waals surface area contributed by atoms with E-state index in [4.69, 9.17) is 9.47 Å². The number of alkyl halides is 2. The summed E-state index contributed by atoms with van der Waals surface area (Å²) in [5.41, 5.74) is 0.567. The quantitative estimate of drug-likeness (QED) is 0.909. The van der Waals surface area contributed by atoms with E-state index < -0.39 is 24.7 Å². The molecule has 0 radical (unpaired) electrons. The topological polar surface area (TPSA) is 65.4 Å². The molecular formula is C16H17F2N3O3. The number of benzene rings is 1. The number of amides is 1. The second kappa shape index (κ2) is 6.10. The van der Waals surface area contributed by atoms with Crippen LogP contribution >= 0.6 is 0 Å². The number of anilines is 1. The van der Waals surface area contributed by atoms with Gasteiger partial charge >= 0.3 is 0 Å². The van der Waals surface area contributed by atoms with E-state index in [1.807, 2.05) is 13.8 Å². The van der Waals surface area contributed by atoms with Gasteiger partial charge in [-0.2, -0.15) is 5.10 Å². The minimum Gasteiger partial charge on any atom is -0.449 e. The molecule has 2 heterocycles. The van der Waals surface area contributed by atoms with Crippen molar-refractivity contribution in [1.82, 2.24) is 9.78 Å². The van der Waals surface area contributed by atoms with Crippen LogP contribution in [0.1, 0.15) is 30.8 Å². The van der Waals surface area contributed by atoms with Gasteiger partial charge in [-0.1, -0.05) is 6.92 Å². The zero-order valence-corrected chi connectivity index (χ0v) is 13.3. The van der Waals surface area contributed by atoms with Crippen molar-refractivity contribution in [3.05, 3.63) is 36.2 Å². The predicted octanol–water partition coefficient (Wildman–Crippen LogP) is 3.30. The molecule has 1 aromatic carbocycles. The number of rotatable bonds is 5. The van der Waals surface area contributed by atoms with Gasteiger partial charge in [0.15, 0.2) is 17.2 Å². The largest absolute Gasteiger partial charge is 0.449 e. The second-order valence-corrected chi connectivity index (χ2v) is 5.62. The Morgan fingerprint density at radius 2 is 2.08 bits per heavy atom. The smallest absolute Gasteiger partial charge is 0.276 e. The standard InChI is InChI=1S/C16H17F2N3O3/c1-3-16(2)23-12-5-4-10(8-13(12)24-16)19-15(22)11-6-7-21(20-11)9-14(17)18/h4-8,14H,3,9H2,1-2H3,(H,19,22). The molecule has 1 atom stereocenters. The number of aromatic nitrogens is 2. The van der Waals surface area contributed by atoms with Crippen LogP contribution in [0.2, 0.25) is 0 Å². The summed E-state index contributed by atoms with van der Waals surface area (Å²) < 4.78 is 37.1. The first-order chi connectivity index (χ1) is 11.4. The van der Waals surface area contributed by atoms with E-state index in [-0.39, 0.29) is 5.69 Å². The third-order valence-corrected chi connectivity index (χ3v) is 3.69. The van der Waals surface area contributed by atoms with Crippen LogP contribution < -0.4 is 14.8 Å². The maximum atomic E-state index is 12.3. The number of hydrogen-bond acceptors (Lipinski definition) is 4. The van der Waals surface area contributed by atoms with E-state index in [9.17, 15) is 13.6 Å². The number of nitrogens with zero attached hydrogens (tertiary/aromatic N) is 2. The minimum atomic E-state index is -2.53. The molecule has 0 fully saturated rings. The highest BCUT2D eigenvalue weighted by atomic mass is 19.3. The monoisotopic (exact) mass is 337 g/mol. The predicted molar refractivity (Wildman–Crippen MR) is 82.6 cm³/mol. The van der Waals surface area contributed by atoms with Gasteiger partial charge < -0.3 is 14.8 Å². The van der Waals surface area contributed by atoms with Crippen molar-refractivity contribution in [2.45, 2.75) is 39.0 Å². The van der Waals surface area contributed by atoms with Crippen LogP contribution in [0.25, 0.3) is 0 Å². The fraction of sp³-hybridized carbons (Fsp3) is 0.375. The zero-order chi connectivity index (χ0) is 17.3. The molecule has 0 saturated heterocycles. The molecule has 1 amide bonds. The van der Waals surface area contributed by atoms with Crippen LogP contribution in [0.15, 0.2) is 30.5 Å². The molecule has 0 aliphatic carbocycles. The Hall–Kier alpha value is -2.64. The molecule has 0 saturated carbocycles. The molecule has 6 nitrogen and oxygen atoms in total. The fourth-order valence-corrected chi connectivity index (χ4v) is 2.30. The summed E-state index contributed by atoms with van der Waals surface area (Å²) in [5.74, 6) is -0.0435. The van der Waals surface area contributed by atoms with Gasteiger partial charge in [-0.05, 0) is 18.2 Å². The molecule has 1 aliphatic rings. The summed E-state index contributed by atoms with van der Waals surface area (Å²) in [7, 11) is 0. The van der Waals surface area contributed by atoms with Crippen molar-refractivity contribution in [1.29, 1.82) is 0 Å². The second-order valence-electron chi connectivity index (χ2n) is 5.62. The summed E-state index contributed by atoms with van der Waals surface area (Å²) >= 11 is 0. The lowest BCUT2D eigenvalue weighted by Crippen LogP contribution is -2.33. The summed E-state index contributed by atoms with van der Waals surface area (Å²) in [5, 5.41) is 6.49. The Balaban J connectivity index is 1.70. The highest BCUT2D eigenvalue weighted by Crippen LogP contribution is 2.42. The molecule has 1 N–H and O–H groups in total. The number of halogens is 2. The van der Waals surface area contributed by atoms with Gasteiger partial charge in [0.25, 0.3) is 12.3 Å². The highest BCUT2D eigenvalue weighted by Gasteiger charge is 2.35. The summed E-state index contributed by atoms with van der Waals surface area (Å²) in [4.78, 5) is 12.2. The normalized spacial score (nSPS) is 18.9. The van der Waals surface area contributed by atoms with E-state index in [0.717, 1.165) is 4.68 Å². The lowest BCUT2D eigenvalue weighted by molar-refractivity contribution is -0.0640. The number of carbonyl (C=O) groups excluding carboxylic acids is 1. The van der Waals surface area contributed by atoms with Gasteiger partial charge in [0.1, 0.15) is 6.54 Å². The number of nitrogens with one attached hydrogen (secondary N) is 1. The molecule has 24 heavy (non-hydrogen) atoms. The first kappa shape index (κ1) is 16.2. The van der Waals surface area contributed by atoms with Gasteiger partial charge in [-0.3, -0.25) is 9.48 Å². The van der Waals surface area contributed by atoms with Crippen LogP contribution in [-0.2, 0) is 6.54 Å². The third-order valence-electron chi connectivity index (χ3n) is 3.69. The molecule has 0 bridgehead atoms. The molecule has 1 aromatic heterocycles. The Morgan fingerprint density at radius 1 is 1.33 bits per heavy atom. The lowest BCUT2D eigenvalue weighted by atomic mass is 10.2. The van der Waals surface area contributed by atoms with E-state index >= 15 is 0 Å². The molecule has 2 aromatic rings. The van der Waals surface area contributed by atoms with Crippen molar-refractivity contribution in [2.24, 2.45) is 0 Å². The van der Waals surface area contributed by atoms with Crippen molar-refractivity contribution in [3.63, 3.8) is 0 Å². The van der Waals surface area contributed by atoms with Gasteiger partial charge in [0.05, 0.1) is 0 Å². The molecule has 3 rings (SSSR count). The molecule has 0 spiro atoms. The summed E-state index contributed by atoms with van der Waals surface area (Å²) in [6, 6.07) is 6.43. The molecule has 128 valence electrons. The van der Waals surface area contributed by atoms with Gasteiger partial charge in [0.2, 0.25) is 5.79 Å².